The zero-order chi connectivity index (χ0) is 37.9. The maximum absolute atomic E-state index is 12.5. The second-order valence-corrected chi connectivity index (χ2v) is 15.3. The van der Waals surface area contributed by atoms with Gasteiger partial charge >= 0.3 is 11.9 Å². The first-order chi connectivity index (χ1) is 24.5. The van der Waals surface area contributed by atoms with Crippen LogP contribution >= 0.6 is 7.82 Å². The third kappa shape index (κ3) is 37.3. The van der Waals surface area contributed by atoms with Gasteiger partial charge in [0.05, 0.1) is 34.2 Å². The molecule has 0 aromatic carbocycles. The van der Waals surface area contributed by atoms with Crippen LogP contribution in [0, 0.1) is 0 Å². The fourth-order valence-corrected chi connectivity index (χ4v) is 5.52. The third-order valence-electron chi connectivity index (χ3n) is 7.84. The topological polar surface area (TPSA) is 111 Å². The number of esters is 2. The predicted octanol–water partition coefficient (Wildman–Crippen LogP) is 9.88. The van der Waals surface area contributed by atoms with E-state index >= 15 is 0 Å². The number of likely N-dealkylation sites (N-methyl/N-ethyl adjacent to an activating group) is 1. The molecule has 0 aliphatic rings. The van der Waals surface area contributed by atoms with Gasteiger partial charge in [0, 0.05) is 6.42 Å². The van der Waals surface area contributed by atoms with Gasteiger partial charge in [0.1, 0.15) is 19.8 Å². The second-order valence-electron chi connectivity index (χ2n) is 13.9. The van der Waals surface area contributed by atoms with E-state index in [1.165, 1.54) is 57.8 Å². The highest BCUT2D eigenvalue weighted by atomic mass is 31.2. The van der Waals surface area contributed by atoms with Crippen LogP contribution < -0.4 is 4.89 Å². The van der Waals surface area contributed by atoms with Gasteiger partial charge in [-0.3, -0.25) is 14.2 Å². The molecule has 0 saturated carbocycles. The van der Waals surface area contributed by atoms with Crippen LogP contribution in [0.4, 0.5) is 0 Å². The van der Waals surface area contributed by atoms with E-state index in [-0.39, 0.29) is 26.1 Å². The van der Waals surface area contributed by atoms with Crippen LogP contribution in [0.5, 0.6) is 0 Å². The van der Waals surface area contributed by atoms with E-state index in [1.54, 1.807) is 6.08 Å². The summed E-state index contributed by atoms with van der Waals surface area (Å²) in [4.78, 5) is 37.3. The fourth-order valence-electron chi connectivity index (χ4n) is 4.79. The minimum atomic E-state index is -4.64. The maximum Gasteiger partial charge on any atom is 0.310 e. The summed E-state index contributed by atoms with van der Waals surface area (Å²) in [7, 11) is 1.10. The number of nitrogens with zero attached hydrogens (tertiary/aromatic N) is 1. The molecule has 0 aliphatic heterocycles. The van der Waals surface area contributed by atoms with Crippen LogP contribution in [0.15, 0.2) is 60.8 Å². The van der Waals surface area contributed by atoms with E-state index in [0.717, 1.165) is 44.9 Å². The van der Waals surface area contributed by atoms with Crippen molar-refractivity contribution < 1.29 is 42.1 Å². The van der Waals surface area contributed by atoms with Gasteiger partial charge in [-0.05, 0) is 38.5 Å². The summed E-state index contributed by atoms with van der Waals surface area (Å²) in [6.07, 6.45) is 38.5. The van der Waals surface area contributed by atoms with E-state index in [0.29, 0.717) is 17.4 Å². The lowest BCUT2D eigenvalue weighted by Crippen LogP contribution is -2.37. The van der Waals surface area contributed by atoms with Gasteiger partial charge in [-0.2, -0.15) is 0 Å². The average molecular weight is 738 g/mol. The standard InChI is InChI=1S/C41H72NO8P/c1-6-8-10-12-14-16-18-20-21-22-24-26-28-30-32-34-41(44)50-39(38-49-51(45,46)48-36-35-42(3,4)5)37-47-40(43)33-31-29-27-25-23-19-17-15-13-11-9-7-2/h8,10,14,16,20-21,24,26,30,32,39H,6-7,9,11-13,15,17-19,22-23,25,27-29,31,33-38H2,1-5H3/b10-8-,16-14-,21-20-,26-24-,32-30-. The fraction of sp³-hybridized carbons (Fsp3) is 0.707. The number of allylic oxidation sites excluding steroid dienone is 9. The first-order valence-electron chi connectivity index (χ1n) is 19.5. The Bertz CT molecular complexity index is 1060. The zero-order valence-electron chi connectivity index (χ0n) is 32.8. The van der Waals surface area contributed by atoms with Crippen molar-refractivity contribution in [1.29, 1.82) is 0 Å². The van der Waals surface area contributed by atoms with E-state index in [9.17, 15) is 19.0 Å². The molecule has 2 unspecified atom stereocenters. The number of hydrogen-bond donors (Lipinski definition) is 0. The van der Waals surface area contributed by atoms with Crippen LogP contribution in [0.1, 0.15) is 136 Å². The number of phosphoric ester groups is 1. The summed E-state index contributed by atoms with van der Waals surface area (Å²) in [6.45, 7) is 3.97. The lowest BCUT2D eigenvalue weighted by molar-refractivity contribution is -0.870. The Morgan fingerprint density at radius 3 is 1.59 bits per heavy atom. The van der Waals surface area contributed by atoms with Crippen LogP contribution in [0.25, 0.3) is 0 Å². The largest absolute Gasteiger partial charge is 0.756 e. The summed E-state index contributed by atoms with van der Waals surface area (Å²) < 4.78 is 33.6. The van der Waals surface area contributed by atoms with Gasteiger partial charge in [-0.25, -0.2) is 0 Å². The Balaban J connectivity index is 4.59. The van der Waals surface area contributed by atoms with Crippen molar-refractivity contribution in [2.24, 2.45) is 0 Å². The summed E-state index contributed by atoms with van der Waals surface area (Å²) in [6, 6.07) is 0. The zero-order valence-corrected chi connectivity index (χ0v) is 33.7. The third-order valence-corrected chi connectivity index (χ3v) is 8.80. The number of ether oxygens (including phenoxy) is 2. The van der Waals surface area contributed by atoms with E-state index in [1.807, 2.05) is 33.3 Å². The van der Waals surface area contributed by atoms with Crippen molar-refractivity contribution >= 4 is 19.8 Å². The van der Waals surface area contributed by atoms with Crippen molar-refractivity contribution in [2.45, 2.75) is 142 Å². The molecule has 0 bridgehead atoms. The normalized spacial score (nSPS) is 14.4. The smallest absolute Gasteiger partial charge is 0.310 e. The van der Waals surface area contributed by atoms with Crippen LogP contribution in [0.2, 0.25) is 0 Å². The van der Waals surface area contributed by atoms with Crippen LogP contribution in [-0.4, -0.2) is 70.0 Å². The van der Waals surface area contributed by atoms with E-state index < -0.39 is 32.5 Å². The van der Waals surface area contributed by atoms with Gasteiger partial charge in [0.2, 0.25) is 0 Å². The minimum absolute atomic E-state index is 0.00807. The van der Waals surface area contributed by atoms with Crippen LogP contribution in [0.3, 0.4) is 0 Å². The molecule has 2 atom stereocenters. The summed E-state index contributed by atoms with van der Waals surface area (Å²) in [5, 5.41) is 0. The van der Waals surface area contributed by atoms with Gasteiger partial charge in [0.15, 0.2) is 6.10 Å². The summed E-state index contributed by atoms with van der Waals surface area (Å²) in [5.41, 5.74) is 0. The number of rotatable bonds is 34. The van der Waals surface area contributed by atoms with Crippen molar-refractivity contribution in [1.82, 2.24) is 0 Å². The first kappa shape index (κ1) is 48.7. The second kappa shape index (κ2) is 33.5. The van der Waals surface area contributed by atoms with E-state index in [4.69, 9.17) is 18.5 Å². The molecular weight excluding hydrogens is 665 g/mol. The number of phosphoric acid groups is 1. The molecule has 294 valence electrons. The molecule has 0 N–H and O–H groups in total. The molecular formula is C41H72NO8P. The Kier molecular flexibility index (Phi) is 32.0. The lowest BCUT2D eigenvalue weighted by Gasteiger charge is -2.28. The Labute approximate surface area is 311 Å². The SMILES string of the molecule is CC/C=C\C/C=C\C/C=C\C/C=C\C/C=C\CC(=O)OC(COC(=O)CCCCCCCCCCCCCC)COP(=O)([O-])OCC[N+](C)(C)C. The molecule has 0 aromatic heterocycles. The van der Waals surface area contributed by atoms with Crippen LogP contribution in [-0.2, 0) is 32.7 Å². The molecule has 0 aliphatic carbocycles. The molecule has 0 rings (SSSR count). The highest BCUT2D eigenvalue weighted by Crippen LogP contribution is 2.38. The molecule has 0 aromatic rings. The number of carbonyl (C=O) groups excluding carboxylic acids is 2. The molecule has 9 nitrogen and oxygen atoms in total. The molecule has 0 fully saturated rings. The highest BCUT2D eigenvalue weighted by Gasteiger charge is 2.21. The van der Waals surface area contributed by atoms with Gasteiger partial charge in [0.25, 0.3) is 7.82 Å². The average Bonchev–Trinajstić information content (AvgIpc) is 3.07. The Morgan fingerprint density at radius 1 is 0.627 bits per heavy atom. The van der Waals surface area contributed by atoms with Gasteiger partial charge < -0.3 is 27.9 Å². The predicted molar refractivity (Wildman–Crippen MR) is 208 cm³/mol. The Hall–Kier alpha value is -2.29. The lowest BCUT2D eigenvalue weighted by atomic mass is 10.0. The maximum atomic E-state index is 12.5. The van der Waals surface area contributed by atoms with Crippen molar-refractivity contribution in [3.63, 3.8) is 0 Å². The summed E-state index contributed by atoms with van der Waals surface area (Å²) in [5.74, 6) is -0.987. The number of quaternary nitrogens is 1. The van der Waals surface area contributed by atoms with Crippen molar-refractivity contribution in [3.05, 3.63) is 60.8 Å². The monoisotopic (exact) mass is 737 g/mol. The first-order valence-corrected chi connectivity index (χ1v) is 21.0. The molecule has 10 heteroatoms. The molecule has 0 heterocycles. The molecule has 0 saturated heterocycles. The quantitative estimate of drug-likeness (QED) is 0.0211. The van der Waals surface area contributed by atoms with Crippen molar-refractivity contribution in [3.8, 4) is 0 Å². The molecule has 0 spiro atoms. The molecule has 0 radical (unpaired) electrons. The summed E-state index contributed by atoms with van der Waals surface area (Å²) >= 11 is 0. The number of hydrogen-bond acceptors (Lipinski definition) is 8. The number of unbranched alkanes of at least 4 members (excludes halogenated alkanes) is 11. The molecule has 0 amide bonds. The highest BCUT2D eigenvalue weighted by molar-refractivity contribution is 7.45. The molecule has 51 heavy (non-hydrogen) atoms. The van der Waals surface area contributed by atoms with Gasteiger partial charge in [-0.15, -0.1) is 0 Å². The minimum Gasteiger partial charge on any atom is -0.756 e. The number of carbonyl (C=O) groups is 2. The van der Waals surface area contributed by atoms with Crippen molar-refractivity contribution in [2.75, 3.05) is 47.5 Å². The Morgan fingerprint density at radius 2 is 1.10 bits per heavy atom. The van der Waals surface area contributed by atoms with E-state index in [2.05, 4.69) is 56.4 Å². The van der Waals surface area contributed by atoms with Gasteiger partial charge in [-0.1, -0.05) is 145 Å².